The lowest BCUT2D eigenvalue weighted by atomic mass is 10.1. The highest BCUT2D eigenvalue weighted by molar-refractivity contribution is 5.94. The molecule has 0 radical (unpaired) electrons. The Bertz CT molecular complexity index is 358. The summed E-state index contributed by atoms with van der Waals surface area (Å²) in [7, 11) is 0. The molecule has 0 aromatic carbocycles. The summed E-state index contributed by atoms with van der Waals surface area (Å²) in [6.07, 6.45) is 5.44. The van der Waals surface area contributed by atoms with Gasteiger partial charge in [-0.3, -0.25) is 4.79 Å². The van der Waals surface area contributed by atoms with Gasteiger partial charge in [0.25, 0.3) is 5.91 Å². The van der Waals surface area contributed by atoms with Crippen molar-refractivity contribution in [3.63, 3.8) is 0 Å². The Kier molecular flexibility index (Phi) is 3.35. The van der Waals surface area contributed by atoms with Gasteiger partial charge in [-0.1, -0.05) is 6.08 Å². The lowest BCUT2D eigenvalue weighted by Gasteiger charge is -2.20. The van der Waals surface area contributed by atoms with E-state index in [4.69, 9.17) is 0 Å². The quantitative estimate of drug-likeness (QED) is 0.755. The number of carbonyl (C=O) groups is 1. The van der Waals surface area contributed by atoms with Crippen molar-refractivity contribution in [2.45, 2.75) is 26.3 Å². The van der Waals surface area contributed by atoms with E-state index < -0.39 is 0 Å². The maximum absolute atomic E-state index is 11.6. The topological polar surface area (TPSA) is 34.0 Å². The molecule has 1 aromatic heterocycles. The highest BCUT2D eigenvalue weighted by atomic mass is 16.1. The molecule has 15 heavy (non-hydrogen) atoms. The standard InChI is InChI=1S/C12H18N2O/c1-5-7-13-11(15)10-6-8-14(9-10)12(2,3)4/h5-6,8-9H,1,7H2,2-4H3,(H,13,15). The number of nitrogens with one attached hydrogen (secondary N) is 1. The largest absolute Gasteiger partial charge is 0.349 e. The second-order valence-corrected chi connectivity index (χ2v) is 4.48. The molecule has 1 amide bonds. The molecule has 0 unspecified atom stereocenters. The maximum Gasteiger partial charge on any atom is 0.253 e. The van der Waals surface area contributed by atoms with Crippen molar-refractivity contribution in [3.05, 3.63) is 36.7 Å². The summed E-state index contributed by atoms with van der Waals surface area (Å²) in [5, 5.41) is 2.74. The second kappa shape index (κ2) is 4.34. The van der Waals surface area contributed by atoms with Gasteiger partial charge in [0.2, 0.25) is 0 Å². The van der Waals surface area contributed by atoms with Gasteiger partial charge >= 0.3 is 0 Å². The molecular formula is C12H18N2O. The minimum atomic E-state index is -0.0575. The van der Waals surface area contributed by atoms with Crippen LogP contribution in [-0.2, 0) is 5.54 Å². The summed E-state index contributed by atoms with van der Waals surface area (Å²) in [6.45, 7) is 10.3. The number of nitrogens with zero attached hydrogens (tertiary/aromatic N) is 1. The van der Waals surface area contributed by atoms with Crippen molar-refractivity contribution in [3.8, 4) is 0 Å². The van der Waals surface area contributed by atoms with Crippen LogP contribution in [0.3, 0.4) is 0 Å². The number of aromatic nitrogens is 1. The van der Waals surface area contributed by atoms with Gasteiger partial charge in [-0.2, -0.15) is 0 Å². The summed E-state index contributed by atoms with van der Waals surface area (Å²) >= 11 is 0. The summed E-state index contributed by atoms with van der Waals surface area (Å²) in [5.74, 6) is -0.0575. The van der Waals surface area contributed by atoms with Gasteiger partial charge in [0.1, 0.15) is 0 Å². The highest BCUT2D eigenvalue weighted by Gasteiger charge is 2.14. The first kappa shape index (κ1) is 11.6. The predicted molar refractivity (Wildman–Crippen MR) is 62.0 cm³/mol. The first-order chi connectivity index (χ1) is 6.95. The molecule has 0 atom stereocenters. The van der Waals surface area contributed by atoms with Gasteiger partial charge in [-0.15, -0.1) is 6.58 Å². The van der Waals surface area contributed by atoms with Gasteiger partial charge in [-0.25, -0.2) is 0 Å². The van der Waals surface area contributed by atoms with Gasteiger partial charge in [0.15, 0.2) is 0 Å². The van der Waals surface area contributed by atoms with E-state index in [0.717, 1.165) is 0 Å². The zero-order valence-electron chi connectivity index (χ0n) is 9.58. The predicted octanol–water partition coefficient (Wildman–Crippen LogP) is 2.16. The molecule has 0 aliphatic heterocycles. The fraction of sp³-hybridized carbons (Fsp3) is 0.417. The number of rotatable bonds is 3. The second-order valence-electron chi connectivity index (χ2n) is 4.48. The van der Waals surface area contributed by atoms with Crippen LogP contribution in [0.2, 0.25) is 0 Å². The van der Waals surface area contributed by atoms with Crippen LogP contribution in [0.25, 0.3) is 0 Å². The van der Waals surface area contributed by atoms with Crippen LogP contribution < -0.4 is 5.32 Å². The van der Waals surface area contributed by atoms with Gasteiger partial charge in [0.05, 0.1) is 5.56 Å². The Hall–Kier alpha value is -1.51. The van der Waals surface area contributed by atoms with Crippen molar-refractivity contribution >= 4 is 5.91 Å². The third-order valence-electron chi connectivity index (χ3n) is 2.14. The third-order valence-corrected chi connectivity index (χ3v) is 2.14. The van der Waals surface area contributed by atoms with Crippen LogP contribution in [0.1, 0.15) is 31.1 Å². The van der Waals surface area contributed by atoms with E-state index >= 15 is 0 Å². The lowest BCUT2D eigenvalue weighted by molar-refractivity contribution is 0.0958. The Balaban J connectivity index is 2.76. The molecule has 0 saturated carbocycles. The van der Waals surface area contributed by atoms with Crippen LogP contribution in [0.5, 0.6) is 0 Å². The summed E-state index contributed by atoms with van der Waals surface area (Å²) in [4.78, 5) is 11.6. The molecule has 82 valence electrons. The molecule has 1 rings (SSSR count). The van der Waals surface area contributed by atoms with E-state index in [9.17, 15) is 4.79 Å². The first-order valence-electron chi connectivity index (χ1n) is 5.02. The minimum Gasteiger partial charge on any atom is -0.349 e. The molecule has 1 N–H and O–H groups in total. The van der Waals surface area contributed by atoms with E-state index in [2.05, 4.69) is 32.7 Å². The summed E-state index contributed by atoms with van der Waals surface area (Å²) in [6, 6.07) is 1.82. The average molecular weight is 206 g/mol. The van der Waals surface area contributed by atoms with Gasteiger partial charge < -0.3 is 9.88 Å². The number of hydrogen-bond donors (Lipinski definition) is 1. The van der Waals surface area contributed by atoms with Crippen molar-refractivity contribution in [2.24, 2.45) is 0 Å². The number of amides is 1. The van der Waals surface area contributed by atoms with Crippen LogP contribution in [0.4, 0.5) is 0 Å². The maximum atomic E-state index is 11.6. The first-order valence-corrected chi connectivity index (χ1v) is 5.02. The fourth-order valence-electron chi connectivity index (χ4n) is 1.22. The minimum absolute atomic E-state index is 0.0109. The zero-order valence-corrected chi connectivity index (χ0v) is 9.58. The summed E-state index contributed by atoms with van der Waals surface area (Å²) in [5.41, 5.74) is 0.698. The zero-order chi connectivity index (χ0) is 11.5. The molecule has 3 heteroatoms. The van der Waals surface area contributed by atoms with Crippen molar-refractivity contribution < 1.29 is 4.79 Å². The van der Waals surface area contributed by atoms with Gasteiger partial charge in [0, 0.05) is 24.5 Å². The molecule has 0 aliphatic carbocycles. The van der Waals surface area contributed by atoms with Crippen LogP contribution in [-0.4, -0.2) is 17.0 Å². The van der Waals surface area contributed by atoms with Crippen molar-refractivity contribution in [2.75, 3.05) is 6.54 Å². The van der Waals surface area contributed by atoms with E-state index in [0.29, 0.717) is 12.1 Å². The normalized spacial score (nSPS) is 11.1. The molecule has 1 aromatic rings. The van der Waals surface area contributed by atoms with Crippen LogP contribution in [0.15, 0.2) is 31.1 Å². The van der Waals surface area contributed by atoms with E-state index in [1.165, 1.54) is 0 Å². The molecule has 1 heterocycles. The van der Waals surface area contributed by atoms with Crippen LogP contribution in [0, 0.1) is 0 Å². The van der Waals surface area contributed by atoms with E-state index in [1.807, 2.05) is 23.0 Å². The monoisotopic (exact) mass is 206 g/mol. The SMILES string of the molecule is C=CCNC(=O)c1ccn(C(C)(C)C)c1. The fourth-order valence-corrected chi connectivity index (χ4v) is 1.22. The average Bonchev–Trinajstić information content (AvgIpc) is 2.62. The highest BCUT2D eigenvalue weighted by Crippen LogP contribution is 2.15. The molecular weight excluding hydrogens is 188 g/mol. The molecule has 0 spiro atoms. The van der Waals surface area contributed by atoms with E-state index in [-0.39, 0.29) is 11.4 Å². The molecule has 0 saturated heterocycles. The van der Waals surface area contributed by atoms with E-state index in [1.54, 1.807) is 6.08 Å². The van der Waals surface area contributed by atoms with Crippen molar-refractivity contribution in [1.82, 2.24) is 9.88 Å². The molecule has 0 bridgehead atoms. The molecule has 3 nitrogen and oxygen atoms in total. The molecule has 0 fully saturated rings. The Labute approximate surface area is 90.8 Å². The smallest absolute Gasteiger partial charge is 0.253 e. The number of carbonyl (C=O) groups excluding carboxylic acids is 1. The summed E-state index contributed by atoms with van der Waals surface area (Å²) < 4.78 is 2.02. The third kappa shape index (κ3) is 2.98. The van der Waals surface area contributed by atoms with Gasteiger partial charge in [-0.05, 0) is 26.8 Å². The van der Waals surface area contributed by atoms with Crippen LogP contribution >= 0.6 is 0 Å². The molecule has 0 aliphatic rings. The Morgan fingerprint density at radius 2 is 2.27 bits per heavy atom. The Morgan fingerprint density at radius 3 is 2.73 bits per heavy atom. The lowest BCUT2D eigenvalue weighted by Crippen LogP contribution is -2.23. The van der Waals surface area contributed by atoms with Crippen molar-refractivity contribution in [1.29, 1.82) is 0 Å². The number of hydrogen-bond acceptors (Lipinski definition) is 1. The Morgan fingerprint density at radius 1 is 1.60 bits per heavy atom.